The smallest absolute Gasteiger partial charge is 0.0696 e. The van der Waals surface area contributed by atoms with Crippen molar-refractivity contribution in [2.75, 3.05) is 32.8 Å². The molecule has 1 aliphatic carbocycles. The summed E-state index contributed by atoms with van der Waals surface area (Å²) in [6, 6.07) is 0. The Balaban J connectivity index is 1.58. The summed E-state index contributed by atoms with van der Waals surface area (Å²) in [6.07, 6.45) is 9.47. The third-order valence-corrected chi connectivity index (χ3v) is 4.73. The maximum absolute atomic E-state index is 6.36. The zero-order valence-corrected chi connectivity index (χ0v) is 12.6. The van der Waals surface area contributed by atoms with E-state index in [2.05, 4.69) is 11.8 Å². The van der Waals surface area contributed by atoms with E-state index in [9.17, 15) is 0 Å². The van der Waals surface area contributed by atoms with Crippen LogP contribution in [0.3, 0.4) is 0 Å². The van der Waals surface area contributed by atoms with Gasteiger partial charge in [0.05, 0.1) is 18.6 Å². The maximum atomic E-state index is 6.36. The van der Waals surface area contributed by atoms with Crippen molar-refractivity contribution in [3.05, 3.63) is 0 Å². The molecule has 1 atom stereocenters. The summed E-state index contributed by atoms with van der Waals surface area (Å²) in [4.78, 5) is 2.46. The largest absolute Gasteiger partial charge is 0.379 e. The quantitative estimate of drug-likeness (QED) is 0.685. The minimum absolute atomic E-state index is 0.162. The van der Waals surface area contributed by atoms with Crippen LogP contribution in [0.2, 0.25) is 0 Å². The van der Waals surface area contributed by atoms with Crippen molar-refractivity contribution < 1.29 is 4.74 Å². The summed E-state index contributed by atoms with van der Waals surface area (Å²) in [5, 5.41) is 0.162. The van der Waals surface area contributed by atoms with E-state index in [4.69, 9.17) is 16.3 Å². The molecule has 1 saturated carbocycles. The first-order chi connectivity index (χ1) is 8.68. The van der Waals surface area contributed by atoms with Crippen molar-refractivity contribution >= 4 is 11.6 Å². The number of rotatable bonds is 6. The van der Waals surface area contributed by atoms with Gasteiger partial charge in [0.2, 0.25) is 0 Å². The molecule has 1 unspecified atom stereocenters. The van der Waals surface area contributed by atoms with Gasteiger partial charge in [-0.3, -0.25) is 0 Å². The summed E-state index contributed by atoms with van der Waals surface area (Å²) in [5.41, 5.74) is 0.419. The van der Waals surface area contributed by atoms with Crippen LogP contribution < -0.4 is 0 Å². The fraction of sp³-hybridized carbons (Fsp3) is 1.00. The molecule has 3 heteroatoms. The predicted molar refractivity (Wildman–Crippen MR) is 77.3 cm³/mol. The van der Waals surface area contributed by atoms with Crippen LogP contribution in [-0.4, -0.2) is 43.1 Å². The summed E-state index contributed by atoms with van der Waals surface area (Å²) in [6.45, 7) is 7.43. The van der Waals surface area contributed by atoms with E-state index in [1.165, 1.54) is 58.0 Å². The molecule has 106 valence electrons. The van der Waals surface area contributed by atoms with Crippen molar-refractivity contribution in [3.8, 4) is 0 Å². The van der Waals surface area contributed by atoms with E-state index in [1.807, 2.05) is 0 Å². The van der Waals surface area contributed by atoms with Gasteiger partial charge in [0.1, 0.15) is 0 Å². The second-order valence-electron chi connectivity index (χ2n) is 6.49. The number of alkyl halides is 1. The number of likely N-dealkylation sites (tertiary alicyclic amines) is 1. The van der Waals surface area contributed by atoms with E-state index in [-0.39, 0.29) is 5.38 Å². The van der Waals surface area contributed by atoms with Crippen molar-refractivity contribution in [2.24, 2.45) is 5.41 Å². The second kappa shape index (κ2) is 7.12. The van der Waals surface area contributed by atoms with Gasteiger partial charge >= 0.3 is 0 Å². The lowest BCUT2D eigenvalue weighted by molar-refractivity contribution is 0.0292. The van der Waals surface area contributed by atoms with E-state index >= 15 is 0 Å². The highest BCUT2D eigenvalue weighted by Gasteiger charge is 2.27. The van der Waals surface area contributed by atoms with Crippen LogP contribution in [0.1, 0.15) is 51.9 Å². The Labute approximate surface area is 117 Å². The zero-order valence-electron chi connectivity index (χ0n) is 11.8. The Morgan fingerprint density at radius 3 is 2.44 bits per heavy atom. The van der Waals surface area contributed by atoms with Gasteiger partial charge in [-0.25, -0.2) is 0 Å². The van der Waals surface area contributed by atoms with Gasteiger partial charge in [-0.2, -0.15) is 0 Å². The number of nitrogens with zero attached hydrogens (tertiary/aromatic N) is 1. The molecule has 0 aromatic rings. The molecule has 1 heterocycles. The molecule has 2 nitrogen and oxygen atoms in total. The van der Waals surface area contributed by atoms with Crippen LogP contribution in [0.4, 0.5) is 0 Å². The molecule has 1 aliphatic heterocycles. The van der Waals surface area contributed by atoms with Crippen molar-refractivity contribution in [1.29, 1.82) is 0 Å². The average molecular weight is 274 g/mol. The minimum atomic E-state index is 0.162. The van der Waals surface area contributed by atoms with Gasteiger partial charge in [0.15, 0.2) is 0 Å². The standard InChI is InChI=1S/C15H28ClNO/c1-15(7-3-2-4-8-15)13-18-12-14(16)11-17-9-5-6-10-17/h14H,2-13H2,1H3. The highest BCUT2D eigenvalue weighted by atomic mass is 35.5. The van der Waals surface area contributed by atoms with Gasteiger partial charge < -0.3 is 9.64 Å². The fourth-order valence-corrected chi connectivity index (χ4v) is 3.57. The molecule has 0 aromatic carbocycles. The zero-order chi connectivity index (χ0) is 12.8. The SMILES string of the molecule is CC1(COCC(Cl)CN2CCCC2)CCCCC1. The molecule has 0 bridgehead atoms. The number of hydrogen-bond donors (Lipinski definition) is 0. The highest BCUT2D eigenvalue weighted by Crippen LogP contribution is 2.35. The number of ether oxygens (including phenoxy) is 1. The molecule has 0 N–H and O–H groups in total. The van der Waals surface area contributed by atoms with Crippen LogP contribution in [0.15, 0.2) is 0 Å². The third kappa shape index (κ3) is 4.71. The van der Waals surface area contributed by atoms with E-state index < -0.39 is 0 Å². The second-order valence-corrected chi connectivity index (χ2v) is 7.11. The Morgan fingerprint density at radius 2 is 1.78 bits per heavy atom. The first-order valence-electron chi connectivity index (χ1n) is 7.62. The molecule has 1 saturated heterocycles. The van der Waals surface area contributed by atoms with Crippen LogP contribution in [0, 0.1) is 5.41 Å². The molecular formula is C15H28ClNO. The summed E-state index contributed by atoms with van der Waals surface area (Å²) < 4.78 is 5.89. The molecule has 2 aliphatic rings. The van der Waals surface area contributed by atoms with Gasteiger partial charge in [0.25, 0.3) is 0 Å². The topological polar surface area (TPSA) is 12.5 Å². The first kappa shape index (κ1) is 14.6. The Morgan fingerprint density at radius 1 is 1.11 bits per heavy atom. The normalized spacial score (nSPS) is 26.3. The Bertz CT molecular complexity index is 235. The molecule has 2 rings (SSSR count). The fourth-order valence-electron chi connectivity index (χ4n) is 3.28. The van der Waals surface area contributed by atoms with E-state index in [1.54, 1.807) is 0 Å². The van der Waals surface area contributed by atoms with Crippen LogP contribution in [-0.2, 0) is 4.74 Å². The maximum Gasteiger partial charge on any atom is 0.0696 e. The Hall–Kier alpha value is 0.210. The lowest BCUT2D eigenvalue weighted by atomic mass is 9.76. The summed E-state index contributed by atoms with van der Waals surface area (Å²) >= 11 is 6.36. The summed E-state index contributed by atoms with van der Waals surface area (Å²) in [7, 11) is 0. The average Bonchev–Trinajstić information content (AvgIpc) is 2.82. The monoisotopic (exact) mass is 273 g/mol. The molecule has 0 spiro atoms. The van der Waals surface area contributed by atoms with Gasteiger partial charge in [-0.1, -0.05) is 26.2 Å². The predicted octanol–water partition coefficient (Wildman–Crippen LogP) is 3.68. The molecule has 2 fully saturated rings. The van der Waals surface area contributed by atoms with Crippen molar-refractivity contribution in [3.63, 3.8) is 0 Å². The van der Waals surface area contributed by atoms with Gasteiger partial charge in [-0.15, -0.1) is 11.6 Å². The Kier molecular flexibility index (Phi) is 5.78. The van der Waals surface area contributed by atoms with Crippen LogP contribution >= 0.6 is 11.6 Å². The number of hydrogen-bond acceptors (Lipinski definition) is 2. The van der Waals surface area contributed by atoms with Crippen LogP contribution in [0.25, 0.3) is 0 Å². The van der Waals surface area contributed by atoms with E-state index in [0.717, 1.165) is 13.2 Å². The molecule has 0 aromatic heterocycles. The number of halogens is 1. The summed E-state index contributed by atoms with van der Waals surface area (Å²) in [5.74, 6) is 0. The lowest BCUT2D eigenvalue weighted by Crippen LogP contribution is -2.32. The van der Waals surface area contributed by atoms with Gasteiger partial charge in [-0.05, 0) is 44.2 Å². The van der Waals surface area contributed by atoms with Crippen LogP contribution in [0.5, 0.6) is 0 Å². The molecule has 0 amide bonds. The third-order valence-electron chi connectivity index (χ3n) is 4.46. The first-order valence-corrected chi connectivity index (χ1v) is 8.06. The van der Waals surface area contributed by atoms with Crippen molar-refractivity contribution in [2.45, 2.75) is 57.2 Å². The molecule has 18 heavy (non-hydrogen) atoms. The van der Waals surface area contributed by atoms with E-state index in [0.29, 0.717) is 12.0 Å². The lowest BCUT2D eigenvalue weighted by Gasteiger charge is -2.33. The molecular weight excluding hydrogens is 246 g/mol. The van der Waals surface area contributed by atoms with Crippen molar-refractivity contribution in [1.82, 2.24) is 4.90 Å². The molecule has 0 radical (unpaired) electrons. The highest BCUT2D eigenvalue weighted by molar-refractivity contribution is 6.20. The van der Waals surface area contributed by atoms with Gasteiger partial charge in [0, 0.05) is 6.54 Å². The minimum Gasteiger partial charge on any atom is -0.379 e.